The molecule has 1 fully saturated rings. The fourth-order valence-corrected chi connectivity index (χ4v) is 3.60. The van der Waals surface area contributed by atoms with E-state index in [-0.39, 0.29) is 18.4 Å². The van der Waals surface area contributed by atoms with Gasteiger partial charge in [-0.05, 0) is 24.5 Å². The lowest BCUT2D eigenvalue weighted by Gasteiger charge is -2.24. The minimum Gasteiger partial charge on any atom is -0.444 e. The van der Waals surface area contributed by atoms with E-state index in [4.69, 9.17) is 4.74 Å². The zero-order valence-electron chi connectivity index (χ0n) is 13.8. The molecule has 2 aliphatic rings. The zero-order valence-corrected chi connectivity index (χ0v) is 13.8. The third kappa shape index (κ3) is 3.27. The molecule has 0 saturated heterocycles. The van der Waals surface area contributed by atoms with E-state index in [0.29, 0.717) is 23.5 Å². The van der Waals surface area contributed by atoms with Crippen molar-refractivity contribution in [2.45, 2.75) is 38.2 Å². The Balaban J connectivity index is 1.73. The van der Waals surface area contributed by atoms with Gasteiger partial charge < -0.3 is 10.1 Å². The van der Waals surface area contributed by atoms with Crippen molar-refractivity contribution in [1.82, 2.24) is 10.2 Å². The highest BCUT2D eigenvalue weighted by Gasteiger charge is 2.37. The maximum atomic E-state index is 12.5. The Morgan fingerprint density at radius 1 is 1.21 bits per heavy atom. The van der Waals surface area contributed by atoms with Crippen molar-refractivity contribution in [2.24, 2.45) is 5.92 Å². The Kier molecular flexibility index (Phi) is 4.83. The second-order valence-electron chi connectivity index (χ2n) is 6.43. The molecule has 1 saturated carbocycles. The van der Waals surface area contributed by atoms with Gasteiger partial charge in [-0.2, -0.15) is 0 Å². The number of carbonyl (C=O) groups is 3. The standard InChI is InChI=1S/C18H22N2O4/c1-19-18(23)24-13(10-12-6-2-3-7-12)11-20-16(21)14-8-4-5-9-15(14)17(20)22/h4-5,8-9,12-13H,2-3,6-7,10-11H2,1H3,(H,19,23). The lowest BCUT2D eigenvalue weighted by atomic mass is 9.99. The van der Waals surface area contributed by atoms with E-state index >= 15 is 0 Å². The van der Waals surface area contributed by atoms with Crippen LogP contribution in [0.1, 0.15) is 52.8 Å². The van der Waals surface area contributed by atoms with Gasteiger partial charge in [-0.25, -0.2) is 4.79 Å². The van der Waals surface area contributed by atoms with E-state index < -0.39 is 12.2 Å². The van der Waals surface area contributed by atoms with Gasteiger partial charge in [0.2, 0.25) is 0 Å². The molecule has 3 amide bonds. The first kappa shape index (κ1) is 16.5. The molecule has 1 heterocycles. The van der Waals surface area contributed by atoms with Gasteiger partial charge in [0.25, 0.3) is 11.8 Å². The highest BCUT2D eigenvalue weighted by atomic mass is 16.6. The molecule has 6 nitrogen and oxygen atoms in total. The summed E-state index contributed by atoms with van der Waals surface area (Å²) in [5.74, 6) is -0.144. The summed E-state index contributed by atoms with van der Waals surface area (Å²) in [4.78, 5) is 37.8. The van der Waals surface area contributed by atoms with E-state index in [1.54, 1.807) is 24.3 Å². The van der Waals surface area contributed by atoms with Crippen LogP contribution in [0.4, 0.5) is 4.79 Å². The summed E-state index contributed by atoms with van der Waals surface area (Å²) < 4.78 is 5.42. The summed E-state index contributed by atoms with van der Waals surface area (Å²) in [5, 5.41) is 2.44. The first-order chi connectivity index (χ1) is 11.6. The van der Waals surface area contributed by atoms with Crippen molar-refractivity contribution < 1.29 is 19.1 Å². The highest BCUT2D eigenvalue weighted by molar-refractivity contribution is 6.21. The molecule has 6 heteroatoms. The fourth-order valence-electron chi connectivity index (χ4n) is 3.60. The molecule has 3 rings (SSSR count). The minimum absolute atomic E-state index is 0.107. The topological polar surface area (TPSA) is 75.7 Å². The number of rotatable bonds is 5. The third-order valence-corrected chi connectivity index (χ3v) is 4.81. The Bertz CT molecular complexity index is 617. The van der Waals surface area contributed by atoms with Crippen LogP contribution < -0.4 is 5.32 Å². The number of fused-ring (bicyclic) bond motifs is 1. The molecular weight excluding hydrogens is 308 g/mol. The van der Waals surface area contributed by atoms with Crippen molar-refractivity contribution in [3.63, 3.8) is 0 Å². The normalized spacial score (nSPS) is 18.6. The van der Waals surface area contributed by atoms with Gasteiger partial charge in [0.15, 0.2) is 0 Å². The molecule has 1 N–H and O–H groups in total. The van der Waals surface area contributed by atoms with Crippen molar-refractivity contribution in [3.05, 3.63) is 35.4 Å². The number of nitrogens with zero attached hydrogens (tertiary/aromatic N) is 1. The maximum Gasteiger partial charge on any atom is 0.407 e. The molecular formula is C18H22N2O4. The second kappa shape index (κ2) is 7.03. The molecule has 0 spiro atoms. The van der Waals surface area contributed by atoms with Crippen LogP contribution in [0.5, 0.6) is 0 Å². The number of carbonyl (C=O) groups excluding carboxylic acids is 3. The number of imide groups is 1. The van der Waals surface area contributed by atoms with Crippen LogP contribution in [-0.2, 0) is 4.74 Å². The quantitative estimate of drug-likeness (QED) is 0.842. The molecule has 1 aliphatic heterocycles. The number of nitrogens with one attached hydrogen (secondary N) is 1. The average molecular weight is 330 g/mol. The summed E-state index contributed by atoms with van der Waals surface area (Å²) in [5.41, 5.74) is 0.837. The number of alkyl carbamates (subject to hydrolysis) is 1. The molecule has 0 bridgehead atoms. The zero-order chi connectivity index (χ0) is 17.1. The summed E-state index contributed by atoms with van der Waals surface area (Å²) in [6.07, 6.45) is 4.26. The highest BCUT2D eigenvalue weighted by Crippen LogP contribution is 2.30. The van der Waals surface area contributed by atoms with Crippen LogP contribution in [-0.4, -0.2) is 42.5 Å². The molecule has 1 aromatic carbocycles. The summed E-state index contributed by atoms with van der Waals surface area (Å²) >= 11 is 0. The van der Waals surface area contributed by atoms with Gasteiger partial charge >= 0.3 is 6.09 Å². The molecule has 1 atom stereocenters. The molecule has 0 aromatic heterocycles. The summed E-state index contributed by atoms with van der Waals surface area (Å²) in [6.45, 7) is 0.107. The monoisotopic (exact) mass is 330 g/mol. The van der Waals surface area contributed by atoms with Crippen LogP contribution in [0.3, 0.4) is 0 Å². The molecule has 1 unspecified atom stereocenters. The van der Waals surface area contributed by atoms with Gasteiger partial charge in [-0.15, -0.1) is 0 Å². The maximum absolute atomic E-state index is 12.5. The van der Waals surface area contributed by atoms with Gasteiger partial charge in [0.1, 0.15) is 6.10 Å². The number of benzene rings is 1. The lowest BCUT2D eigenvalue weighted by Crippen LogP contribution is -2.40. The van der Waals surface area contributed by atoms with E-state index in [9.17, 15) is 14.4 Å². The Labute approximate surface area is 141 Å². The van der Waals surface area contributed by atoms with Crippen LogP contribution >= 0.6 is 0 Å². The second-order valence-corrected chi connectivity index (χ2v) is 6.43. The Morgan fingerprint density at radius 2 is 1.79 bits per heavy atom. The van der Waals surface area contributed by atoms with Gasteiger partial charge in [0.05, 0.1) is 17.7 Å². The van der Waals surface area contributed by atoms with Crippen LogP contribution in [0.15, 0.2) is 24.3 Å². The first-order valence-corrected chi connectivity index (χ1v) is 8.43. The predicted molar refractivity (Wildman–Crippen MR) is 87.7 cm³/mol. The molecule has 1 aliphatic carbocycles. The number of amides is 3. The average Bonchev–Trinajstić information content (AvgIpc) is 3.18. The van der Waals surface area contributed by atoms with Gasteiger partial charge in [-0.3, -0.25) is 14.5 Å². The number of hydrogen-bond donors (Lipinski definition) is 1. The summed E-state index contributed by atoms with van der Waals surface area (Å²) in [7, 11) is 1.50. The fraction of sp³-hybridized carbons (Fsp3) is 0.500. The minimum atomic E-state index is -0.533. The third-order valence-electron chi connectivity index (χ3n) is 4.81. The first-order valence-electron chi connectivity index (χ1n) is 8.43. The van der Waals surface area contributed by atoms with E-state index in [1.165, 1.54) is 24.8 Å². The predicted octanol–water partition coefficient (Wildman–Crippen LogP) is 2.59. The van der Waals surface area contributed by atoms with Crippen LogP contribution in [0, 0.1) is 5.92 Å². The van der Waals surface area contributed by atoms with Crippen molar-refractivity contribution in [3.8, 4) is 0 Å². The Hall–Kier alpha value is -2.37. The SMILES string of the molecule is CNC(=O)OC(CC1CCCC1)CN1C(=O)c2ccccc2C1=O. The Morgan fingerprint density at radius 3 is 2.33 bits per heavy atom. The van der Waals surface area contributed by atoms with E-state index in [0.717, 1.165) is 12.8 Å². The van der Waals surface area contributed by atoms with Crippen molar-refractivity contribution >= 4 is 17.9 Å². The number of hydrogen-bond acceptors (Lipinski definition) is 4. The van der Waals surface area contributed by atoms with E-state index in [2.05, 4.69) is 5.32 Å². The molecule has 24 heavy (non-hydrogen) atoms. The largest absolute Gasteiger partial charge is 0.444 e. The summed E-state index contributed by atoms with van der Waals surface area (Å²) in [6, 6.07) is 6.79. The van der Waals surface area contributed by atoms with Crippen LogP contribution in [0.2, 0.25) is 0 Å². The van der Waals surface area contributed by atoms with Gasteiger partial charge in [0, 0.05) is 7.05 Å². The van der Waals surface area contributed by atoms with Crippen molar-refractivity contribution in [2.75, 3.05) is 13.6 Å². The molecule has 0 radical (unpaired) electrons. The van der Waals surface area contributed by atoms with Crippen molar-refractivity contribution in [1.29, 1.82) is 0 Å². The molecule has 128 valence electrons. The lowest BCUT2D eigenvalue weighted by molar-refractivity contribution is 0.0419. The van der Waals surface area contributed by atoms with Crippen LogP contribution in [0.25, 0.3) is 0 Å². The van der Waals surface area contributed by atoms with E-state index in [1.807, 2.05) is 0 Å². The smallest absolute Gasteiger partial charge is 0.407 e. The molecule has 1 aromatic rings. The van der Waals surface area contributed by atoms with Gasteiger partial charge in [-0.1, -0.05) is 37.8 Å². The number of ether oxygens (including phenoxy) is 1.